The first kappa shape index (κ1) is 34.0. The number of carbonyl (C=O) groups is 4. The second kappa shape index (κ2) is 12.6. The van der Waals surface area contributed by atoms with Crippen molar-refractivity contribution in [2.24, 2.45) is 23.7 Å². The number of allylic oxidation sites excluding steroid dienone is 2. The Bertz CT molecular complexity index is 2260. The summed E-state index contributed by atoms with van der Waals surface area (Å²) in [5.41, 5.74) is 2.34. The van der Waals surface area contributed by atoms with Crippen molar-refractivity contribution in [1.29, 1.82) is 0 Å². The number of methoxy groups -OCH3 is 1. The number of ether oxygens (including phenoxy) is 1. The molecule has 2 heterocycles. The van der Waals surface area contributed by atoms with Crippen LogP contribution in [-0.2, 0) is 24.6 Å². The highest BCUT2D eigenvalue weighted by atomic mass is 35.5. The molecule has 12 nitrogen and oxygen atoms in total. The van der Waals surface area contributed by atoms with E-state index < -0.39 is 69.4 Å². The Balaban J connectivity index is 1.34. The van der Waals surface area contributed by atoms with E-state index in [1.807, 2.05) is 6.08 Å². The number of nitro benzene ring substituents is 1. The lowest BCUT2D eigenvalue weighted by molar-refractivity contribution is -0.384. The van der Waals surface area contributed by atoms with E-state index in [0.717, 1.165) is 9.91 Å². The number of phenolic OH excluding ortho intramolecular Hbond substituents is 1. The number of aromatic hydroxyl groups is 1. The summed E-state index contributed by atoms with van der Waals surface area (Å²) >= 11 is 6.34. The molecule has 4 amide bonds. The van der Waals surface area contributed by atoms with Gasteiger partial charge in [-0.1, -0.05) is 47.5 Å². The third-order valence-corrected chi connectivity index (χ3v) is 11.4. The smallest absolute Gasteiger partial charge is 0.271 e. The van der Waals surface area contributed by atoms with Gasteiger partial charge in [-0.05, 0) is 78.9 Å². The largest absolute Gasteiger partial charge is 0.508 e. The van der Waals surface area contributed by atoms with E-state index in [1.54, 1.807) is 36.4 Å². The minimum absolute atomic E-state index is 0.0456. The van der Waals surface area contributed by atoms with Crippen LogP contribution in [-0.4, -0.2) is 45.8 Å². The number of phenols is 1. The molecule has 3 fully saturated rings. The molecule has 2 aliphatic heterocycles. The fourth-order valence-electron chi connectivity index (χ4n) is 8.97. The number of benzene rings is 4. The minimum atomic E-state index is -1.73. The Kier molecular flexibility index (Phi) is 8.06. The van der Waals surface area contributed by atoms with Crippen molar-refractivity contribution in [2.75, 3.05) is 17.4 Å². The SMILES string of the molecule is COc1cccc(O)c1[C@H]1C2=CC[C@@H]3C(=O)N(c4cccc([N+](=O)[O-])c4)C(=O)[C@@H]3[C@@H]2C[C@H]2C(=O)N(Nc3ccc(F)cc3)C(=O)[C@@]12c1ccc(Cl)cc1. The number of non-ortho nitro benzene ring substituents is 1. The van der Waals surface area contributed by atoms with Crippen molar-refractivity contribution in [3.8, 4) is 11.5 Å². The molecule has 6 atom stereocenters. The maximum atomic E-state index is 15.3. The summed E-state index contributed by atoms with van der Waals surface area (Å²) in [5, 5.41) is 24.5. The molecule has 2 N–H and O–H groups in total. The second-order valence-corrected chi connectivity index (χ2v) is 14.0. The predicted octanol–water partition coefficient (Wildman–Crippen LogP) is 6.29. The summed E-state index contributed by atoms with van der Waals surface area (Å²) in [4.78, 5) is 70.5. The fourth-order valence-corrected chi connectivity index (χ4v) is 9.10. The van der Waals surface area contributed by atoms with E-state index in [1.165, 1.54) is 61.7 Å². The van der Waals surface area contributed by atoms with Crippen LogP contribution in [0.5, 0.6) is 11.5 Å². The Morgan fingerprint density at radius 2 is 1.66 bits per heavy atom. The number of fused-ring (bicyclic) bond motifs is 4. The van der Waals surface area contributed by atoms with E-state index >= 15 is 4.79 Å². The highest BCUT2D eigenvalue weighted by molar-refractivity contribution is 6.30. The lowest BCUT2D eigenvalue weighted by atomic mass is 9.49. The number of nitrogens with zero attached hydrogens (tertiary/aromatic N) is 3. The number of amides is 4. The molecule has 2 saturated heterocycles. The van der Waals surface area contributed by atoms with Gasteiger partial charge in [0, 0.05) is 28.6 Å². The van der Waals surface area contributed by atoms with Crippen molar-refractivity contribution < 1.29 is 38.3 Å². The number of rotatable bonds is 7. The highest BCUT2D eigenvalue weighted by Crippen LogP contribution is 2.66. The van der Waals surface area contributed by atoms with Crippen LogP contribution >= 0.6 is 11.6 Å². The van der Waals surface area contributed by atoms with E-state index in [0.29, 0.717) is 16.2 Å². The van der Waals surface area contributed by atoms with Crippen molar-refractivity contribution in [3.05, 3.63) is 135 Å². The summed E-state index contributed by atoms with van der Waals surface area (Å²) in [6.07, 6.45) is 1.85. The normalized spacial score (nSPS) is 26.2. The van der Waals surface area contributed by atoms with Gasteiger partial charge in [0.2, 0.25) is 11.8 Å². The van der Waals surface area contributed by atoms with Crippen molar-refractivity contribution in [2.45, 2.75) is 24.2 Å². The number of carbonyl (C=O) groups excluding carboxylic acids is 4. The zero-order valence-electron chi connectivity index (χ0n) is 27.9. The number of anilines is 2. The molecule has 53 heavy (non-hydrogen) atoms. The Labute approximate surface area is 306 Å². The molecule has 268 valence electrons. The first-order valence-corrected chi connectivity index (χ1v) is 17.2. The standard InChI is InChI=1S/C39H30ClFN4O8/c1-53-31-7-3-6-30(46)33(31)34-26-16-17-27-32(37(49)43(35(27)47)24-4-2-5-25(18-24)45(51)52)28(26)19-29-36(48)44(42-23-14-12-22(41)13-15-23)38(50)39(29,34)20-8-10-21(40)11-9-20/h2-16,18,27-29,32,34,42,46H,17,19H2,1H3/t27-,28+,29-,32-,34+,39+/m0/s1. The molecule has 0 radical (unpaired) electrons. The summed E-state index contributed by atoms with van der Waals surface area (Å²) in [5.74, 6) is -7.83. The van der Waals surface area contributed by atoms with Gasteiger partial charge in [0.25, 0.3) is 17.5 Å². The number of nitrogens with one attached hydrogen (secondary N) is 1. The third kappa shape index (κ3) is 5.01. The zero-order valence-corrected chi connectivity index (χ0v) is 28.7. The number of hydrogen-bond acceptors (Lipinski definition) is 9. The van der Waals surface area contributed by atoms with Crippen LogP contribution in [0.25, 0.3) is 0 Å². The number of nitro groups is 1. The molecule has 0 bridgehead atoms. The highest BCUT2D eigenvalue weighted by Gasteiger charge is 2.71. The average molecular weight is 737 g/mol. The van der Waals surface area contributed by atoms with Gasteiger partial charge in [0.15, 0.2) is 0 Å². The van der Waals surface area contributed by atoms with Gasteiger partial charge in [0.1, 0.15) is 17.3 Å². The zero-order chi connectivity index (χ0) is 37.3. The van der Waals surface area contributed by atoms with Crippen LogP contribution in [0.3, 0.4) is 0 Å². The van der Waals surface area contributed by atoms with Crippen molar-refractivity contribution >= 4 is 52.3 Å². The van der Waals surface area contributed by atoms with Crippen LogP contribution in [0.15, 0.2) is 103 Å². The van der Waals surface area contributed by atoms with Gasteiger partial charge >= 0.3 is 0 Å². The molecule has 0 aromatic heterocycles. The lowest BCUT2D eigenvalue weighted by Crippen LogP contribution is -2.53. The first-order valence-electron chi connectivity index (χ1n) is 16.8. The van der Waals surface area contributed by atoms with Crippen LogP contribution in [0, 0.1) is 39.6 Å². The first-order chi connectivity index (χ1) is 25.5. The Morgan fingerprint density at radius 1 is 0.943 bits per heavy atom. The number of halogens is 2. The van der Waals surface area contributed by atoms with Gasteiger partial charge < -0.3 is 9.84 Å². The molecule has 8 rings (SSSR count). The molecule has 0 unspecified atom stereocenters. The number of hydrogen-bond donors (Lipinski definition) is 2. The van der Waals surface area contributed by atoms with Crippen LogP contribution in [0.1, 0.15) is 29.9 Å². The quantitative estimate of drug-likeness (QED) is 0.0962. The minimum Gasteiger partial charge on any atom is -0.508 e. The maximum Gasteiger partial charge on any atom is 0.271 e. The fraction of sp³-hybridized carbons (Fsp3) is 0.231. The summed E-state index contributed by atoms with van der Waals surface area (Å²) in [6, 6.07) is 21.6. The van der Waals surface area contributed by atoms with E-state index in [9.17, 15) is 34.0 Å². The van der Waals surface area contributed by atoms with Gasteiger partial charge in [-0.25, -0.2) is 9.29 Å². The molecule has 2 aliphatic carbocycles. The summed E-state index contributed by atoms with van der Waals surface area (Å²) in [6.45, 7) is 0. The molecule has 4 aliphatic rings. The second-order valence-electron chi connectivity index (χ2n) is 13.6. The van der Waals surface area contributed by atoms with E-state index in [2.05, 4.69) is 5.43 Å². The molecular weight excluding hydrogens is 707 g/mol. The summed E-state index contributed by atoms with van der Waals surface area (Å²) < 4.78 is 19.7. The average Bonchev–Trinajstić information content (AvgIpc) is 3.53. The molecular formula is C39H30ClFN4O8. The third-order valence-electron chi connectivity index (χ3n) is 11.1. The van der Waals surface area contributed by atoms with Crippen LogP contribution in [0.4, 0.5) is 21.5 Å². The van der Waals surface area contributed by atoms with E-state index in [-0.39, 0.29) is 47.0 Å². The van der Waals surface area contributed by atoms with Crippen LogP contribution < -0.4 is 15.1 Å². The summed E-state index contributed by atoms with van der Waals surface area (Å²) in [7, 11) is 1.41. The molecule has 0 spiro atoms. The Morgan fingerprint density at radius 3 is 2.36 bits per heavy atom. The van der Waals surface area contributed by atoms with Gasteiger partial charge in [0.05, 0.1) is 46.6 Å². The predicted molar refractivity (Wildman–Crippen MR) is 189 cm³/mol. The topological polar surface area (TPSA) is 159 Å². The monoisotopic (exact) mass is 736 g/mol. The van der Waals surface area contributed by atoms with Crippen LogP contribution in [0.2, 0.25) is 5.02 Å². The van der Waals surface area contributed by atoms with Crippen molar-refractivity contribution in [1.82, 2.24) is 5.01 Å². The molecule has 14 heteroatoms. The molecule has 4 aromatic carbocycles. The Hall–Kier alpha value is -6.08. The van der Waals surface area contributed by atoms with Gasteiger partial charge in [-0.15, -0.1) is 0 Å². The lowest BCUT2D eigenvalue weighted by Gasteiger charge is -2.50. The van der Waals surface area contributed by atoms with Gasteiger partial charge in [-0.2, -0.15) is 5.01 Å². The number of hydrazine groups is 1. The van der Waals surface area contributed by atoms with Gasteiger partial charge in [-0.3, -0.25) is 34.7 Å². The van der Waals surface area contributed by atoms with E-state index in [4.69, 9.17) is 16.3 Å². The van der Waals surface area contributed by atoms with Crippen molar-refractivity contribution in [3.63, 3.8) is 0 Å². The molecule has 4 aromatic rings. The maximum absolute atomic E-state index is 15.3. The number of imide groups is 2. The molecule has 1 saturated carbocycles.